The van der Waals surface area contributed by atoms with Gasteiger partial charge in [-0.2, -0.15) is 0 Å². The molecule has 0 aromatic carbocycles. The number of nitrogens with one attached hydrogen (secondary N) is 4. The molecule has 0 spiro atoms. The lowest BCUT2D eigenvalue weighted by Gasteiger charge is -2.28. The van der Waals surface area contributed by atoms with Gasteiger partial charge >= 0.3 is 11.9 Å². The summed E-state index contributed by atoms with van der Waals surface area (Å²) < 4.78 is 12.8. The fraction of sp³-hybridized carbons (Fsp3) is 0.682. The number of aliphatic hydroxyl groups excluding tert-OH is 1. The van der Waals surface area contributed by atoms with Gasteiger partial charge < -0.3 is 36.6 Å². The average molecular weight is 535 g/mol. The van der Waals surface area contributed by atoms with E-state index in [0.717, 1.165) is 6.92 Å². The number of carbonyl (C=O) groups excluding carboxylic acids is 5. The predicted molar refractivity (Wildman–Crippen MR) is 125 cm³/mol. The summed E-state index contributed by atoms with van der Waals surface area (Å²) in [7, 11) is 0. The molecule has 0 saturated carbocycles. The molecule has 0 bridgehead atoms. The minimum absolute atomic E-state index is 0.359. The minimum atomic E-state index is -1.78. The third-order valence-corrected chi connectivity index (χ3v) is 5.41. The predicted octanol–water partition coefficient (Wildman–Crippen LogP) is -1.75. The van der Waals surface area contributed by atoms with Gasteiger partial charge in [-0.05, 0) is 19.3 Å². The quantitative estimate of drug-likeness (QED) is 0.111. The first-order chi connectivity index (χ1) is 17.1. The SMILES string of the molecule is CC[C@H](C)[C@H](NC(C)=O)C(=O)N[C@@H](CCC(=O)O)C(=O)N[C@H](C(=O)N[C@@H](CC(=O)O)C(=O)CF)[C@@H](C)O. The molecule has 0 saturated heterocycles. The molecule has 14 nitrogen and oxygen atoms in total. The molecule has 0 fully saturated rings. The first-order valence-electron chi connectivity index (χ1n) is 11.5. The summed E-state index contributed by atoms with van der Waals surface area (Å²) in [5, 5.41) is 36.8. The van der Waals surface area contributed by atoms with Crippen molar-refractivity contribution in [2.45, 2.75) is 83.6 Å². The fourth-order valence-electron chi connectivity index (χ4n) is 3.15. The Balaban J connectivity index is 5.81. The van der Waals surface area contributed by atoms with Crippen molar-refractivity contribution in [1.82, 2.24) is 21.3 Å². The van der Waals surface area contributed by atoms with Crippen LogP contribution in [0.25, 0.3) is 0 Å². The van der Waals surface area contributed by atoms with E-state index in [1.165, 1.54) is 6.92 Å². The summed E-state index contributed by atoms with van der Waals surface area (Å²) in [6.45, 7) is 4.15. The van der Waals surface area contributed by atoms with Crippen molar-refractivity contribution >= 4 is 41.4 Å². The zero-order valence-electron chi connectivity index (χ0n) is 21.1. The molecule has 0 aromatic heterocycles. The van der Waals surface area contributed by atoms with Gasteiger partial charge in [-0.25, -0.2) is 4.39 Å². The lowest BCUT2D eigenvalue weighted by Crippen LogP contribution is -2.60. The molecule has 4 amide bonds. The monoisotopic (exact) mass is 534 g/mol. The van der Waals surface area contributed by atoms with E-state index in [2.05, 4.69) is 16.0 Å². The highest BCUT2D eigenvalue weighted by atomic mass is 19.1. The summed E-state index contributed by atoms with van der Waals surface area (Å²) in [5.74, 6) is -8.01. The number of hydrogen-bond donors (Lipinski definition) is 7. The van der Waals surface area contributed by atoms with Gasteiger partial charge in [0.15, 0.2) is 5.78 Å². The van der Waals surface area contributed by atoms with Gasteiger partial charge in [-0.15, -0.1) is 0 Å². The van der Waals surface area contributed by atoms with E-state index in [1.54, 1.807) is 13.8 Å². The second-order valence-electron chi connectivity index (χ2n) is 8.54. The second-order valence-corrected chi connectivity index (χ2v) is 8.54. The fourth-order valence-corrected chi connectivity index (χ4v) is 3.15. The summed E-state index contributed by atoms with van der Waals surface area (Å²) >= 11 is 0. The van der Waals surface area contributed by atoms with Crippen LogP contribution in [0.3, 0.4) is 0 Å². The van der Waals surface area contributed by atoms with Crippen molar-refractivity contribution in [3.63, 3.8) is 0 Å². The molecule has 0 aliphatic rings. The van der Waals surface area contributed by atoms with E-state index < -0.39 is 97.6 Å². The number of carboxylic acids is 2. The van der Waals surface area contributed by atoms with Gasteiger partial charge in [-0.1, -0.05) is 20.3 Å². The summed E-state index contributed by atoms with van der Waals surface area (Å²) in [6, 6.07) is -6.12. The Kier molecular flexibility index (Phi) is 14.6. The van der Waals surface area contributed by atoms with Crippen LogP contribution in [-0.4, -0.2) is 93.6 Å². The molecule has 0 radical (unpaired) electrons. The topological polar surface area (TPSA) is 228 Å². The normalized spacial score (nSPS) is 15.6. The van der Waals surface area contributed by atoms with Crippen LogP contribution in [0.15, 0.2) is 0 Å². The van der Waals surface area contributed by atoms with Crippen molar-refractivity contribution < 1.29 is 53.3 Å². The highest BCUT2D eigenvalue weighted by molar-refractivity contribution is 5.97. The molecular weight excluding hydrogens is 499 g/mol. The average Bonchev–Trinajstić information content (AvgIpc) is 2.80. The number of aliphatic carboxylic acids is 2. The molecule has 0 heterocycles. The maximum absolute atomic E-state index is 12.9. The van der Waals surface area contributed by atoms with E-state index >= 15 is 0 Å². The van der Waals surface area contributed by atoms with E-state index in [9.17, 15) is 43.1 Å². The van der Waals surface area contributed by atoms with E-state index in [0.29, 0.717) is 6.42 Å². The van der Waals surface area contributed by atoms with Crippen LogP contribution in [0.4, 0.5) is 4.39 Å². The third kappa shape index (κ3) is 12.3. The third-order valence-electron chi connectivity index (χ3n) is 5.41. The van der Waals surface area contributed by atoms with Crippen LogP contribution in [0.5, 0.6) is 0 Å². The Morgan fingerprint density at radius 1 is 0.784 bits per heavy atom. The Labute approximate surface area is 212 Å². The summed E-state index contributed by atoms with van der Waals surface area (Å²) in [6.07, 6.45) is -3.06. The number of halogens is 1. The highest BCUT2D eigenvalue weighted by Gasteiger charge is 2.34. The first kappa shape index (κ1) is 33.4. The first-order valence-corrected chi connectivity index (χ1v) is 11.5. The van der Waals surface area contributed by atoms with Crippen LogP contribution in [-0.2, 0) is 33.6 Å². The molecule has 0 unspecified atom stereocenters. The van der Waals surface area contributed by atoms with Crippen LogP contribution < -0.4 is 21.3 Å². The van der Waals surface area contributed by atoms with Gasteiger partial charge in [0, 0.05) is 13.3 Å². The van der Waals surface area contributed by atoms with Crippen molar-refractivity contribution in [1.29, 1.82) is 0 Å². The number of amides is 4. The molecule has 15 heteroatoms. The second kappa shape index (κ2) is 16.2. The maximum Gasteiger partial charge on any atom is 0.305 e. The highest BCUT2D eigenvalue weighted by Crippen LogP contribution is 2.10. The van der Waals surface area contributed by atoms with E-state index in [4.69, 9.17) is 10.2 Å². The number of aliphatic hydroxyl groups is 1. The smallest absolute Gasteiger partial charge is 0.305 e. The molecule has 0 rings (SSSR count). The van der Waals surface area contributed by atoms with Crippen LogP contribution >= 0.6 is 0 Å². The maximum atomic E-state index is 12.9. The Morgan fingerprint density at radius 3 is 1.76 bits per heavy atom. The van der Waals surface area contributed by atoms with Gasteiger partial charge in [-0.3, -0.25) is 33.6 Å². The van der Waals surface area contributed by atoms with Crippen LogP contribution in [0.2, 0.25) is 0 Å². The Hall–Kier alpha value is -3.62. The van der Waals surface area contributed by atoms with E-state index in [1.807, 2.05) is 5.32 Å². The van der Waals surface area contributed by atoms with Crippen molar-refractivity contribution in [3.05, 3.63) is 0 Å². The molecule has 7 N–H and O–H groups in total. The number of carboxylic acid groups (broad SMARTS) is 2. The van der Waals surface area contributed by atoms with Gasteiger partial charge in [0.2, 0.25) is 23.6 Å². The van der Waals surface area contributed by atoms with Gasteiger partial charge in [0.1, 0.15) is 30.8 Å². The van der Waals surface area contributed by atoms with Crippen LogP contribution in [0, 0.1) is 5.92 Å². The van der Waals surface area contributed by atoms with Crippen molar-refractivity contribution in [2.75, 3.05) is 6.67 Å². The molecule has 6 atom stereocenters. The van der Waals surface area contributed by atoms with Crippen LogP contribution in [0.1, 0.15) is 53.4 Å². The number of carbonyl (C=O) groups is 7. The number of hydrogen-bond acceptors (Lipinski definition) is 8. The molecular formula is C22H35FN4O10. The van der Waals surface area contributed by atoms with Gasteiger partial charge in [0.05, 0.1) is 12.5 Å². The molecule has 0 aliphatic carbocycles. The molecule has 210 valence electrons. The van der Waals surface area contributed by atoms with Crippen molar-refractivity contribution in [3.8, 4) is 0 Å². The van der Waals surface area contributed by atoms with Crippen molar-refractivity contribution in [2.24, 2.45) is 5.92 Å². The molecule has 0 aliphatic heterocycles. The Bertz CT molecular complexity index is 866. The molecule has 37 heavy (non-hydrogen) atoms. The number of alkyl halides is 1. The number of Topliss-reactive ketones (excluding diaryl/α,β-unsaturated/α-hetero) is 1. The molecule has 0 aromatic rings. The van der Waals surface area contributed by atoms with E-state index in [-0.39, 0.29) is 5.92 Å². The summed E-state index contributed by atoms with van der Waals surface area (Å²) in [4.78, 5) is 83.6. The minimum Gasteiger partial charge on any atom is -0.481 e. The zero-order valence-corrected chi connectivity index (χ0v) is 21.1. The lowest BCUT2D eigenvalue weighted by atomic mass is 9.97. The standard InChI is InChI=1S/C22H35FN4O10/c1-5-10(2)18(24-12(4)29)21(36)25-13(6-7-16(31)32)20(35)27-19(11(3)28)22(37)26-14(8-17(33)34)15(30)9-23/h10-11,13-14,18-19,28H,5-9H2,1-4H3,(H,24,29)(H,25,36)(H,26,37)(H,27,35)(H,31,32)(H,33,34)/t10-,11+,13-,14-,18-,19-/m0/s1. The number of rotatable bonds is 17. The zero-order chi connectivity index (χ0) is 28.9. The summed E-state index contributed by atoms with van der Waals surface area (Å²) in [5.41, 5.74) is 0. The van der Waals surface area contributed by atoms with Gasteiger partial charge in [0.25, 0.3) is 0 Å². The Morgan fingerprint density at radius 2 is 1.32 bits per heavy atom. The largest absolute Gasteiger partial charge is 0.481 e. The lowest BCUT2D eigenvalue weighted by molar-refractivity contribution is -0.141. The number of ketones is 1.